The van der Waals surface area contributed by atoms with Crippen molar-refractivity contribution >= 4 is 5.91 Å². The van der Waals surface area contributed by atoms with Crippen molar-refractivity contribution in [3.63, 3.8) is 0 Å². The molecule has 0 bridgehead atoms. The summed E-state index contributed by atoms with van der Waals surface area (Å²) < 4.78 is 5.74. The van der Waals surface area contributed by atoms with Gasteiger partial charge in [0.15, 0.2) is 0 Å². The van der Waals surface area contributed by atoms with E-state index in [-0.39, 0.29) is 0 Å². The molecule has 2 unspecified atom stereocenters. The molecule has 0 rings (SSSR count). The summed E-state index contributed by atoms with van der Waals surface area (Å²) in [5.74, 6) is -0.433. The van der Waals surface area contributed by atoms with Crippen LogP contribution >= 0.6 is 0 Å². The molecule has 0 aliphatic carbocycles. The topological polar surface area (TPSA) is 78.3 Å². The van der Waals surface area contributed by atoms with E-state index in [0.29, 0.717) is 12.5 Å². The molecule has 0 aromatic carbocycles. The predicted octanol–water partition coefficient (Wildman–Crippen LogP) is 2.73. The Kier molecular flexibility index (Phi) is 9.88. The van der Waals surface area contributed by atoms with Gasteiger partial charge in [0.05, 0.1) is 11.6 Å². The first kappa shape index (κ1) is 18.4. The monoisotopic (exact) mass is 272 g/mol. The minimum absolute atomic E-state index is 0.331. The van der Waals surface area contributed by atoms with E-state index in [1.807, 2.05) is 0 Å². The standard InChI is InChI=1S/C15H32N2O2/c1-4-5-6-7-10-13(2)19-12-9-8-11-15(3,17)14(16)18/h13H,4-12,17H2,1-3H3,(H2,16,18). The molecule has 0 aliphatic heterocycles. The molecule has 0 aromatic rings. The lowest BCUT2D eigenvalue weighted by Gasteiger charge is -2.20. The second-order valence-electron chi connectivity index (χ2n) is 5.77. The molecule has 0 aromatic heterocycles. The maximum Gasteiger partial charge on any atom is 0.237 e. The van der Waals surface area contributed by atoms with Crippen molar-refractivity contribution in [1.82, 2.24) is 0 Å². The van der Waals surface area contributed by atoms with Crippen LogP contribution in [0.15, 0.2) is 0 Å². The number of carbonyl (C=O) groups is 1. The third-order valence-electron chi connectivity index (χ3n) is 3.52. The number of primary amides is 1. The molecular weight excluding hydrogens is 240 g/mol. The Hall–Kier alpha value is -0.610. The van der Waals surface area contributed by atoms with E-state index in [1.54, 1.807) is 6.92 Å². The largest absolute Gasteiger partial charge is 0.379 e. The van der Waals surface area contributed by atoms with Crippen LogP contribution in [0.25, 0.3) is 0 Å². The molecule has 0 aliphatic rings. The van der Waals surface area contributed by atoms with Gasteiger partial charge in [-0.3, -0.25) is 4.79 Å². The van der Waals surface area contributed by atoms with Gasteiger partial charge in [0.2, 0.25) is 5.91 Å². The van der Waals surface area contributed by atoms with Crippen molar-refractivity contribution < 1.29 is 9.53 Å². The van der Waals surface area contributed by atoms with Crippen LogP contribution in [0.2, 0.25) is 0 Å². The zero-order valence-electron chi connectivity index (χ0n) is 12.9. The van der Waals surface area contributed by atoms with Crippen LogP contribution in [0.1, 0.15) is 72.1 Å². The molecule has 0 saturated heterocycles. The van der Waals surface area contributed by atoms with Crippen molar-refractivity contribution in [1.29, 1.82) is 0 Å². The first-order chi connectivity index (χ1) is 8.90. The molecule has 0 saturated carbocycles. The molecule has 4 N–H and O–H groups in total. The summed E-state index contributed by atoms with van der Waals surface area (Å²) in [6.07, 6.45) is 9.02. The van der Waals surface area contributed by atoms with Crippen LogP contribution < -0.4 is 11.5 Å². The van der Waals surface area contributed by atoms with Gasteiger partial charge >= 0.3 is 0 Å². The van der Waals surface area contributed by atoms with Gasteiger partial charge in [-0.15, -0.1) is 0 Å². The molecule has 0 fully saturated rings. The van der Waals surface area contributed by atoms with Gasteiger partial charge in [0.1, 0.15) is 0 Å². The van der Waals surface area contributed by atoms with E-state index in [2.05, 4.69) is 13.8 Å². The molecule has 114 valence electrons. The van der Waals surface area contributed by atoms with Crippen LogP contribution in [0.5, 0.6) is 0 Å². The second kappa shape index (κ2) is 10.2. The van der Waals surface area contributed by atoms with E-state index >= 15 is 0 Å². The highest BCUT2D eigenvalue weighted by Crippen LogP contribution is 2.12. The molecule has 19 heavy (non-hydrogen) atoms. The van der Waals surface area contributed by atoms with Crippen LogP contribution in [-0.4, -0.2) is 24.2 Å². The van der Waals surface area contributed by atoms with E-state index in [0.717, 1.165) is 25.9 Å². The summed E-state index contributed by atoms with van der Waals surface area (Å²) in [6.45, 7) is 6.77. The van der Waals surface area contributed by atoms with E-state index in [9.17, 15) is 4.79 Å². The summed E-state index contributed by atoms with van der Waals surface area (Å²) in [6, 6.07) is 0. The number of amides is 1. The molecular formula is C15H32N2O2. The minimum atomic E-state index is -0.883. The van der Waals surface area contributed by atoms with Crippen molar-refractivity contribution in [2.45, 2.75) is 83.8 Å². The quantitative estimate of drug-likeness (QED) is 0.536. The highest BCUT2D eigenvalue weighted by Gasteiger charge is 2.24. The Bertz CT molecular complexity index is 242. The number of unbranched alkanes of at least 4 members (excludes halogenated alkanes) is 4. The van der Waals surface area contributed by atoms with Gasteiger partial charge in [-0.2, -0.15) is 0 Å². The van der Waals surface area contributed by atoms with Crippen LogP contribution in [-0.2, 0) is 9.53 Å². The van der Waals surface area contributed by atoms with Crippen molar-refractivity contribution in [3.05, 3.63) is 0 Å². The summed E-state index contributed by atoms with van der Waals surface area (Å²) >= 11 is 0. The average molecular weight is 272 g/mol. The lowest BCUT2D eigenvalue weighted by Crippen LogP contribution is -2.49. The van der Waals surface area contributed by atoms with E-state index in [1.165, 1.54) is 25.7 Å². The Balaban J connectivity index is 3.46. The molecule has 1 amide bonds. The molecule has 0 radical (unpaired) electrons. The zero-order valence-corrected chi connectivity index (χ0v) is 12.9. The number of rotatable bonds is 12. The SMILES string of the molecule is CCCCCCC(C)OCCCCC(C)(N)C(N)=O. The number of carbonyl (C=O) groups excluding carboxylic acids is 1. The predicted molar refractivity (Wildman–Crippen MR) is 79.8 cm³/mol. The van der Waals surface area contributed by atoms with E-state index < -0.39 is 11.4 Å². The first-order valence-corrected chi connectivity index (χ1v) is 7.60. The lowest BCUT2D eigenvalue weighted by atomic mass is 9.96. The zero-order chi connectivity index (χ0) is 14.7. The van der Waals surface area contributed by atoms with Gasteiger partial charge in [-0.25, -0.2) is 0 Å². The number of nitrogens with two attached hydrogens (primary N) is 2. The van der Waals surface area contributed by atoms with Gasteiger partial charge in [-0.1, -0.05) is 32.6 Å². The maximum atomic E-state index is 11.0. The van der Waals surface area contributed by atoms with Gasteiger partial charge in [0.25, 0.3) is 0 Å². The minimum Gasteiger partial charge on any atom is -0.379 e. The molecule has 0 spiro atoms. The third-order valence-corrected chi connectivity index (χ3v) is 3.52. The fraction of sp³-hybridized carbons (Fsp3) is 0.933. The van der Waals surface area contributed by atoms with Crippen molar-refractivity contribution in [3.8, 4) is 0 Å². The highest BCUT2D eigenvalue weighted by atomic mass is 16.5. The Morgan fingerprint density at radius 3 is 2.47 bits per heavy atom. The Morgan fingerprint density at radius 1 is 1.21 bits per heavy atom. The number of ether oxygens (including phenoxy) is 1. The number of hydrogen-bond donors (Lipinski definition) is 2. The smallest absolute Gasteiger partial charge is 0.237 e. The highest BCUT2D eigenvalue weighted by molar-refractivity contribution is 5.83. The summed E-state index contributed by atoms with van der Waals surface area (Å²) in [5.41, 5.74) is 10.1. The number of hydrogen-bond acceptors (Lipinski definition) is 3. The van der Waals surface area contributed by atoms with Crippen LogP contribution in [0, 0.1) is 0 Å². The van der Waals surface area contributed by atoms with E-state index in [4.69, 9.17) is 16.2 Å². The van der Waals surface area contributed by atoms with Gasteiger partial charge in [0, 0.05) is 6.61 Å². The Morgan fingerprint density at radius 2 is 1.89 bits per heavy atom. The summed E-state index contributed by atoms with van der Waals surface area (Å²) in [4.78, 5) is 11.0. The molecule has 2 atom stereocenters. The fourth-order valence-electron chi connectivity index (χ4n) is 1.94. The van der Waals surface area contributed by atoms with Gasteiger partial charge in [-0.05, 0) is 39.5 Å². The van der Waals surface area contributed by atoms with Crippen molar-refractivity contribution in [2.24, 2.45) is 11.5 Å². The summed E-state index contributed by atoms with van der Waals surface area (Å²) in [7, 11) is 0. The van der Waals surface area contributed by atoms with Crippen LogP contribution in [0.3, 0.4) is 0 Å². The third kappa shape index (κ3) is 9.91. The normalized spacial score (nSPS) is 16.0. The van der Waals surface area contributed by atoms with Crippen molar-refractivity contribution in [2.75, 3.05) is 6.61 Å². The Labute approximate surface area is 118 Å². The lowest BCUT2D eigenvalue weighted by molar-refractivity contribution is -0.122. The van der Waals surface area contributed by atoms with Gasteiger partial charge < -0.3 is 16.2 Å². The molecule has 4 heteroatoms. The average Bonchev–Trinajstić information content (AvgIpc) is 2.34. The molecule has 4 nitrogen and oxygen atoms in total. The molecule has 0 heterocycles. The van der Waals surface area contributed by atoms with Crippen LogP contribution in [0.4, 0.5) is 0 Å². The maximum absolute atomic E-state index is 11.0. The fourth-order valence-corrected chi connectivity index (χ4v) is 1.94. The second-order valence-corrected chi connectivity index (χ2v) is 5.77. The first-order valence-electron chi connectivity index (χ1n) is 7.60. The summed E-state index contributed by atoms with van der Waals surface area (Å²) in [5, 5.41) is 0.